The topological polar surface area (TPSA) is 57.4 Å². The van der Waals surface area contributed by atoms with Gasteiger partial charge in [-0.15, -0.1) is 11.3 Å². The quantitative estimate of drug-likeness (QED) is 0.805. The van der Waals surface area contributed by atoms with Gasteiger partial charge in [0.1, 0.15) is 0 Å². The second-order valence-electron chi connectivity index (χ2n) is 5.07. The molecule has 4 nitrogen and oxygen atoms in total. The van der Waals surface area contributed by atoms with Crippen LogP contribution in [-0.4, -0.2) is 20.2 Å². The van der Waals surface area contributed by atoms with Crippen LogP contribution in [-0.2, 0) is 0 Å². The predicted molar refractivity (Wildman–Crippen MR) is 80.2 cm³/mol. The molecule has 0 atom stereocenters. The minimum atomic E-state index is 0.509. The van der Waals surface area contributed by atoms with E-state index in [0.29, 0.717) is 16.6 Å². The van der Waals surface area contributed by atoms with E-state index in [0.717, 1.165) is 18.7 Å². The van der Waals surface area contributed by atoms with Crippen LogP contribution in [0, 0.1) is 4.77 Å². The van der Waals surface area contributed by atoms with Gasteiger partial charge in [-0.25, -0.2) is 4.98 Å². The summed E-state index contributed by atoms with van der Waals surface area (Å²) in [5.41, 5.74) is 1.23. The van der Waals surface area contributed by atoms with Gasteiger partial charge in [0.25, 0.3) is 0 Å². The molecule has 1 saturated carbocycles. The van der Waals surface area contributed by atoms with Crippen molar-refractivity contribution in [2.45, 2.75) is 51.4 Å². The highest BCUT2D eigenvalue weighted by atomic mass is 32.1. The number of hydrogen-bond donors (Lipinski definition) is 2. The summed E-state index contributed by atoms with van der Waals surface area (Å²) >= 11 is 6.83. The highest BCUT2D eigenvalue weighted by molar-refractivity contribution is 7.71. The molecule has 0 spiro atoms. The number of thiazole rings is 1. The second kappa shape index (κ2) is 5.17. The Hall–Kier alpha value is -1.01. The maximum atomic E-state index is 5.05. The van der Waals surface area contributed by atoms with Crippen LogP contribution in [0.3, 0.4) is 0 Å². The first-order chi connectivity index (χ1) is 9.22. The van der Waals surface area contributed by atoms with Crippen molar-refractivity contribution in [1.29, 1.82) is 0 Å². The van der Waals surface area contributed by atoms with Crippen LogP contribution in [0.4, 0.5) is 0 Å². The summed E-state index contributed by atoms with van der Waals surface area (Å²) in [4.78, 5) is 10.4. The van der Waals surface area contributed by atoms with Gasteiger partial charge < -0.3 is 0 Å². The van der Waals surface area contributed by atoms with Crippen molar-refractivity contribution in [3.63, 3.8) is 0 Å². The Morgan fingerprint density at radius 2 is 2.00 bits per heavy atom. The van der Waals surface area contributed by atoms with E-state index >= 15 is 0 Å². The zero-order chi connectivity index (χ0) is 13.4. The van der Waals surface area contributed by atoms with Gasteiger partial charge in [0.2, 0.25) is 4.77 Å². The Kier molecular flexibility index (Phi) is 3.54. The molecule has 2 heterocycles. The van der Waals surface area contributed by atoms with Crippen LogP contribution in [0.15, 0.2) is 0 Å². The Morgan fingerprint density at radius 1 is 1.26 bits per heavy atom. The van der Waals surface area contributed by atoms with Crippen molar-refractivity contribution in [3.05, 3.63) is 15.5 Å². The van der Waals surface area contributed by atoms with Gasteiger partial charge in [-0.1, -0.05) is 13.8 Å². The van der Waals surface area contributed by atoms with Gasteiger partial charge in [0, 0.05) is 11.8 Å². The number of nitrogens with one attached hydrogen (secondary N) is 2. The Bertz CT molecular complexity index is 617. The Balaban J connectivity index is 2.04. The Morgan fingerprint density at radius 3 is 2.53 bits per heavy atom. The first kappa shape index (κ1) is 13.0. The normalized spacial score (nSPS) is 15.3. The molecular weight excluding hydrogens is 276 g/mol. The standard InChI is InChI=1S/C13H18N4S2/c1-3-7(4-2)12-14-9(8-5-6-8)10(19-12)11-15-13(18)17-16-11/h7-8H,3-6H2,1-2H3,(H2,15,16,17,18). The average molecular weight is 294 g/mol. The molecule has 3 rings (SSSR count). The highest BCUT2D eigenvalue weighted by Crippen LogP contribution is 2.46. The molecule has 19 heavy (non-hydrogen) atoms. The summed E-state index contributed by atoms with van der Waals surface area (Å²) in [7, 11) is 0. The largest absolute Gasteiger partial charge is 0.281 e. The fourth-order valence-electron chi connectivity index (χ4n) is 2.34. The van der Waals surface area contributed by atoms with Gasteiger partial charge in [-0.2, -0.15) is 4.98 Å². The first-order valence-corrected chi connectivity index (χ1v) is 8.11. The second-order valence-corrected chi connectivity index (χ2v) is 6.49. The lowest BCUT2D eigenvalue weighted by Crippen LogP contribution is -1.94. The minimum Gasteiger partial charge on any atom is -0.281 e. The van der Waals surface area contributed by atoms with Gasteiger partial charge in [0.15, 0.2) is 5.82 Å². The van der Waals surface area contributed by atoms with Crippen LogP contribution >= 0.6 is 23.6 Å². The summed E-state index contributed by atoms with van der Waals surface area (Å²) in [6, 6.07) is 0. The molecule has 6 heteroatoms. The third-order valence-electron chi connectivity index (χ3n) is 3.69. The van der Waals surface area contributed by atoms with Crippen molar-refractivity contribution in [3.8, 4) is 10.7 Å². The first-order valence-electron chi connectivity index (χ1n) is 6.88. The smallest absolute Gasteiger partial charge is 0.213 e. The number of H-pyrrole nitrogens is 2. The van der Waals surface area contributed by atoms with Crippen LogP contribution in [0.1, 0.15) is 62.1 Å². The molecule has 1 fully saturated rings. The maximum absolute atomic E-state index is 5.05. The number of rotatable bonds is 5. The minimum absolute atomic E-state index is 0.509. The molecular formula is C13H18N4S2. The molecule has 0 radical (unpaired) electrons. The van der Waals surface area contributed by atoms with Gasteiger partial charge in [-0.05, 0) is 37.9 Å². The summed E-state index contributed by atoms with van der Waals surface area (Å²) in [6.07, 6.45) is 4.79. The van der Waals surface area contributed by atoms with E-state index in [9.17, 15) is 0 Å². The molecule has 0 aliphatic heterocycles. The van der Waals surface area contributed by atoms with Gasteiger partial charge >= 0.3 is 0 Å². The van der Waals surface area contributed by atoms with E-state index in [1.54, 1.807) is 11.3 Å². The zero-order valence-electron chi connectivity index (χ0n) is 11.2. The Labute approximate surface area is 121 Å². The van der Waals surface area contributed by atoms with E-state index in [-0.39, 0.29) is 0 Å². The molecule has 0 amide bonds. The van der Waals surface area contributed by atoms with Gasteiger partial charge in [0.05, 0.1) is 15.6 Å². The van der Waals surface area contributed by atoms with Crippen LogP contribution in [0.25, 0.3) is 10.7 Å². The molecule has 1 aliphatic rings. The van der Waals surface area contributed by atoms with E-state index in [1.807, 2.05) is 0 Å². The SMILES string of the molecule is CCC(CC)c1nc(C2CC2)c(-c2nc(=S)[nH][nH]2)s1. The van der Waals surface area contributed by atoms with Crippen LogP contribution in [0.5, 0.6) is 0 Å². The fraction of sp³-hybridized carbons (Fsp3) is 0.615. The zero-order valence-corrected chi connectivity index (χ0v) is 12.8. The molecule has 2 aromatic heterocycles. The van der Waals surface area contributed by atoms with E-state index < -0.39 is 0 Å². The predicted octanol–water partition coefficient (Wildman–Crippen LogP) is 4.37. The summed E-state index contributed by atoms with van der Waals surface area (Å²) < 4.78 is 0.509. The van der Waals surface area contributed by atoms with Crippen LogP contribution in [0.2, 0.25) is 0 Å². The van der Waals surface area contributed by atoms with Crippen molar-refractivity contribution in [2.24, 2.45) is 0 Å². The third kappa shape index (κ3) is 2.51. The van der Waals surface area contributed by atoms with Crippen molar-refractivity contribution < 1.29 is 0 Å². The molecule has 2 aromatic rings. The molecule has 1 aliphatic carbocycles. The fourth-order valence-corrected chi connectivity index (χ4v) is 3.85. The average Bonchev–Trinajstić information content (AvgIpc) is 3.02. The van der Waals surface area contributed by atoms with E-state index in [1.165, 1.54) is 28.4 Å². The van der Waals surface area contributed by atoms with Crippen molar-refractivity contribution >= 4 is 23.6 Å². The molecule has 102 valence electrons. The van der Waals surface area contributed by atoms with E-state index in [2.05, 4.69) is 29.0 Å². The highest BCUT2D eigenvalue weighted by Gasteiger charge is 2.31. The molecule has 2 N–H and O–H groups in total. The maximum Gasteiger partial charge on any atom is 0.213 e. The van der Waals surface area contributed by atoms with Crippen LogP contribution < -0.4 is 0 Å². The molecule has 0 aromatic carbocycles. The molecule has 0 saturated heterocycles. The third-order valence-corrected chi connectivity index (χ3v) is 5.12. The van der Waals surface area contributed by atoms with Gasteiger partial charge in [-0.3, -0.25) is 10.2 Å². The summed E-state index contributed by atoms with van der Waals surface area (Å²) in [6.45, 7) is 4.46. The lowest BCUT2D eigenvalue weighted by Gasteiger charge is -2.06. The molecule has 0 unspecified atom stereocenters. The number of hydrogen-bond acceptors (Lipinski definition) is 4. The van der Waals surface area contributed by atoms with Crippen molar-refractivity contribution in [2.75, 3.05) is 0 Å². The summed E-state index contributed by atoms with van der Waals surface area (Å²) in [5.74, 6) is 2.05. The summed E-state index contributed by atoms with van der Waals surface area (Å²) in [5, 5.41) is 7.19. The molecule has 0 bridgehead atoms. The van der Waals surface area contributed by atoms with Crippen molar-refractivity contribution in [1.82, 2.24) is 20.2 Å². The number of nitrogens with zero attached hydrogens (tertiary/aromatic N) is 2. The lowest BCUT2D eigenvalue weighted by atomic mass is 10.1. The monoisotopic (exact) mass is 294 g/mol. The number of aromatic amines is 2. The lowest BCUT2D eigenvalue weighted by molar-refractivity contribution is 0.635. The number of aromatic nitrogens is 4. The van der Waals surface area contributed by atoms with E-state index in [4.69, 9.17) is 17.2 Å².